The van der Waals surface area contributed by atoms with Crippen molar-refractivity contribution in [3.63, 3.8) is 0 Å². The number of phenolic OH excluding ortho intramolecular Hbond substituents is 4. The summed E-state index contributed by atoms with van der Waals surface area (Å²) in [6, 6.07) is 4.85. The maximum atomic E-state index is 12.6. The normalized spacial score (nSPS) is 11.9. The zero-order valence-electron chi connectivity index (χ0n) is 15.3. The fraction of sp³-hybridized carbons (Fsp3) is 0.150. The second-order valence-corrected chi connectivity index (χ2v) is 6.49. The molecule has 0 fully saturated rings. The van der Waals surface area contributed by atoms with Gasteiger partial charge in [-0.05, 0) is 24.6 Å². The standard InChI is InChI=1S/C20H17NO9/c22-8-10(2-4-17(27)28)21-19-14(26)7-16-18(20(19)29)13(25)6-15(30-16)9-1-3-11(23)12(24)5-9/h1,3,5-8,10,21,23-24,26,29H,2,4H2,(H,27,28)/t10-/m0/s1. The largest absolute Gasteiger partial charge is 0.505 e. The van der Waals surface area contributed by atoms with E-state index in [-0.39, 0.29) is 46.6 Å². The lowest BCUT2D eigenvalue weighted by molar-refractivity contribution is -0.137. The van der Waals surface area contributed by atoms with Gasteiger partial charge in [0.05, 0.1) is 6.04 Å². The van der Waals surface area contributed by atoms with Gasteiger partial charge in [0.2, 0.25) is 0 Å². The summed E-state index contributed by atoms with van der Waals surface area (Å²) in [5.41, 5.74) is -0.890. The Kier molecular flexibility index (Phi) is 5.50. The van der Waals surface area contributed by atoms with E-state index in [0.29, 0.717) is 6.29 Å². The second kappa shape index (κ2) is 8.03. The van der Waals surface area contributed by atoms with Gasteiger partial charge in [-0.15, -0.1) is 0 Å². The van der Waals surface area contributed by atoms with Crippen molar-refractivity contribution in [2.45, 2.75) is 18.9 Å². The summed E-state index contributed by atoms with van der Waals surface area (Å²) in [4.78, 5) is 34.5. The Bertz CT molecular complexity index is 1200. The number of hydrogen-bond donors (Lipinski definition) is 6. The summed E-state index contributed by atoms with van der Waals surface area (Å²) < 4.78 is 5.56. The van der Waals surface area contributed by atoms with Crippen LogP contribution in [0.25, 0.3) is 22.3 Å². The van der Waals surface area contributed by atoms with E-state index in [0.717, 1.165) is 12.1 Å². The molecule has 0 amide bonds. The number of anilines is 1. The molecular formula is C20H17NO9. The van der Waals surface area contributed by atoms with Gasteiger partial charge in [0.25, 0.3) is 0 Å². The fourth-order valence-corrected chi connectivity index (χ4v) is 2.89. The number of phenols is 4. The Labute approximate surface area is 168 Å². The number of hydrogen-bond acceptors (Lipinski definition) is 9. The molecule has 1 heterocycles. The van der Waals surface area contributed by atoms with E-state index in [1.807, 2.05) is 0 Å². The van der Waals surface area contributed by atoms with Gasteiger partial charge in [-0.2, -0.15) is 0 Å². The van der Waals surface area contributed by atoms with Gasteiger partial charge in [0.1, 0.15) is 34.5 Å². The summed E-state index contributed by atoms with van der Waals surface area (Å²) in [5, 5.41) is 50.8. The predicted molar refractivity (Wildman–Crippen MR) is 105 cm³/mol. The lowest BCUT2D eigenvalue weighted by Crippen LogP contribution is -2.22. The van der Waals surface area contributed by atoms with Crippen molar-refractivity contribution in [2.24, 2.45) is 0 Å². The number of nitrogens with one attached hydrogen (secondary N) is 1. The average Bonchev–Trinajstić information content (AvgIpc) is 2.68. The van der Waals surface area contributed by atoms with Crippen LogP contribution in [0.5, 0.6) is 23.0 Å². The molecule has 0 aliphatic carbocycles. The van der Waals surface area contributed by atoms with Crippen LogP contribution in [-0.2, 0) is 9.59 Å². The van der Waals surface area contributed by atoms with Gasteiger partial charge in [0.15, 0.2) is 22.7 Å². The monoisotopic (exact) mass is 415 g/mol. The smallest absolute Gasteiger partial charge is 0.303 e. The second-order valence-electron chi connectivity index (χ2n) is 6.49. The molecule has 0 saturated heterocycles. The van der Waals surface area contributed by atoms with Crippen LogP contribution in [0.2, 0.25) is 0 Å². The van der Waals surface area contributed by atoms with E-state index in [9.17, 15) is 34.8 Å². The highest BCUT2D eigenvalue weighted by Gasteiger charge is 2.21. The predicted octanol–water partition coefficient (Wildman–Crippen LogP) is 2.13. The number of benzene rings is 2. The number of aliphatic carboxylic acids is 1. The van der Waals surface area contributed by atoms with Crippen molar-refractivity contribution in [3.05, 3.63) is 40.6 Å². The van der Waals surface area contributed by atoms with Crippen molar-refractivity contribution >= 4 is 28.9 Å². The van der Waals surface area contributed by atoms with E-state index in [1.54, 1.807) is 0 Å². The van der Waals surface area contributed by atoms with Crippen LogP contribution in [0.4, 0.5) is 5.69 Å². The number of fused-ring (bicyclic) bond motifs is 1. The minimum atomic E-state index is -1.12. The molecule has 0 unspecified atom stereocenters. The number of carboxylic acid groups (broad SMARTS) is 1. The SMILES string of the molecule is O=C[C@H](CCC(=O)O)Nc1c(O)cc2oc(-c3ccc(O)c(O)c3)cc(=O)c2c1O. The molecule has 0 saturated carbocycles. The molecule has 156 valence electrons. The van der Waals surface area contributed by atoms with Crippen LogP contribution in [0, 0.1) is 0 Å². The molecule has 2 aromatic carbocycles. The van der Waals surface area contributed by atoms with Crippen LogP contribution < -0.4 is 10.7 Å². The summed E-state index contributed by atoms with van der Waals surface area (Å²) >= 11 is 0. The van der Waals surface area contributed by atoms with Gasteiger partial charge in [0, 0.05) is 24.1 Å². The molecule has 10 nitrogen and oxygen atoms in total. The number of carbonyl (C=O) groups excluding carboxylic acids is 1. The molecular weight excluding hydrogens is 398 g/mol. The van der Waals surface area contributed by atoms with Crippen molar-refractivity contribution in [1.29, 1.82) is 0 Å². The molecule has 1 atom stereocenters. The van der Waals surface area contributed by atoms with E-state index >= 15 is 0 Å². The molecule has 0 spiro atoms. The number of aldehydes is 1. The highest BCUT2D eigenvalue weighted by atomic mass is 16.4. The quantitative estimate of drug-likeness (QED) is 0.247. The third kappa shape index (κ3) is 3.97. The van der Waals surface area contributed by atoms with Crippen molar-refractivity contribution in [2.75, 3.05) is 5.32 Å². The van der Waals surface area contributed by atoms with Crippen LogP contribution >= 0.6 is 0 Å². The topological polar surface area (TPSA) is 178 Å². The van der Waals surface area contributed by atoms with Crippen molar-refractivity contribution in [1.82, 2.24) is 0 Å². The lowest BCUT2D eigenvalue weighted by Gasteiger charge is -2.16. The van der Waals surface area contributed by atoms with Crippen LogP contribution in [0.1, 0.15) is 12.8 Å². The van der Waals surface area contributed by atoms with Gasteiger partial charge in [-0.25, -0.2) is 0 Å². The summed E-state index contributed by atoms with van der Waals surface area (Å²) in [6.45, 7) is 0. The van der Waals surface area contributed by atoms with Crippen molar-refractivity contribution < 1.29 is 39.5 Å². The molecule has 10 heteroatoms. The molecule has 0 aliphatic heterocycles. The average molecular weight is 415 g/mol. The fourth-order valence-electron chi connectivity index (χ4n) is 2.89. The minimum absolute atomic E-state index is 0.00883. The number of carbonyl (C=O) groups is 2. The highest BCUT2D eigenvalue weighted by molar-refractivity contribution is 5.94. The molecule has 0 radical (unpaired) electrons. The molecule has 3 rings (SSSR count). The van der Waals surface area contributed by atoms with Gasteiger partial charge in [-0.3, -0.25) is 9.59 Å². The third-order valence-electron chi connectivity index (χ3n) is 4.40. The first-order valence-corrected chi connectivity index (χ1v) is 8.70. The number of aromatic hydroxyl groups is 4. The zero-order chi connectivity index (χ0) is 22.0. The third-order valence-corrected chi connectivity index (χ3v) is 4.40. The summed E-state index contributed by atoms with van der Waals surface area (Å²) in [7, 11) is 0. The Morgan fingerprint density at radius 1 is 1.07 bits per heavy atom. The maximum absolute atomic E-state index is 12.6. The van der Waals surface area contributed by atoms with E-state index < -0.39 is 34.7 Å². The van der Waals surface area contributed by atoms with Crippen LogP contribution in [0.3, 0.4) is 0 Å². The number of carboxylic acids is 1. The molecule has 3 aromatic rings. The Hall–Kier alpha value is -4.21. The Morgan fingerprint density at radius 3 is 2.43 bits per heavy atom. The highest BCUT2D eigenvalue weighted by Crippen LogP contribution is 2.40. The first-order chi connectivity index (χ1) is 14.2. The minimum Gasteiger partial charge on any atom is -0.505 e. The van der Waals surface area contributed by atoms with Crippen LogP contribution in [-0.4, -0.2) is 43.8 Å². The Balaban J connectivity index is 2.06. The first-order valence-electron chi connectivity index (χ1n) is 8.70. The zero-order valence-corrected chi connectivity index (χ0v) is 15.3. The Morgan fingerprint density at radius 2 is 1.80 bits per heavy atom. The van der Waals surface area contributed by atoms with Crippen LogP contribution in [0.15, 0.2) is 39.5 Å². The van der Waals surface area contributed by atoms with Gasteiger partial charge < -0.3 is 40.1 Å². The van der Waals surface area contributed by atoms with E-state index in [1.165, 1.54) is 18.2 Å². The molecule has 0 aliphatic rings. The summed E-state index contributed by atoms with van der Waals surface area (Å²) in [6.07, 6.45) is -0.000972. The lowest BCUT2D eigenvalue weighted by atomic mass is 10.1. The van der Waals surface area contributed by atoms with Crippen molar-refractivity contribution in [3.8, 4) is 34.3 Å². The van der Waals surface area contributed by atoms with Gasteiger partial charge >= 0.3 is 5.97 Å². The summed E-state index contributed by atoms with van der Waals surface area (Å²) in [5.74, 6) is -3.10. The van der Waals surface area contributed by atoms with Gasteiger partial charge in [-0.1, -0.05) is 0 Å². The van der Waals surface area contributed by atoms with E-state index in [2.05, 4.69) is 5.32 Å². The maximum Gasteiger partial charge on any atom is 0.303 e. The molecule has 6 N–H and O–H groups in total. The molecule has 30 heavy (non-hydrogen) atoms. The molecule has 0 bridgehead atoms. The molecule has 1 aromatic heterocycles. The van der Waals surface area contributed by atoms with E-state index in [4.69, 9.17) is 9.52 Å². The number of rotatable bonds is 7. The first kappa shape index (κ1) is 20.5.